The monoisotopic (exact) mass is 442 g/mol. The van der Waals surface area contributed by atoms with Crippen LogP contribution in [0.15, 0.2) is 41.4 Å². The highest BCUT2D eigenvalue weighted by atomic mass is 15.3. The van der Waals surface area contributed by atoms with Crippen LogP contribution in [0.5, 0.6) is 0 Å². The molecule has 0 spiro atoms. The highest BCUT2D eigenvalue weighted by Crippen LogP contribution is 2.47. The third-order valence-electron chi connectivity index (χ3n) is 9.61. The van der Waals surface area contributed by atoms with Gasteiger partial charge in [-0.3, -0.25) is 9.89 Å². The molecule has 2 saturated heterocycles. The van der Waals surface area contributed by atoms with Crippen LogP contribution in [-0.4, -0.2) is 44.8 Å². The van der Waals surface area contributed by atoms with Gasteiger partial charge in [0.1, 0.15) is 5.71 Å². The standard InChI is InChI=1S/C29H38N4/c1-2-8-21-15-20(7-1)16-24(17-21)32-22-9-5-10-23(32)19-25(18-22)33-28-13-4-3-11-26(28)31-29(33)27-12-6-14-30-27/h3-4,6,11-13,20-25H,1-2,5,7-10,14-19H2/t20-,21+,22-,23+,24-,25+. The summed E-state index contributed by atoms with van der Waals surface area (Å²) in [5, 5.41) is 0. The maximum Gasteiger partial charge on any atom is 0.159 e. The lowest BCUT2D eigenvalue weighted by atomic mass is 9.73. The van der Waals surface area contributed by atoms with E-state index in [1.54, 1.807) is 0 Å². The lowest BCUT2D eigenvalue weighted by Gasteiger charge is -2.54. The van der Waals surface area contributed by atoms with Gasteiger partial charge >= 0.3 is 0 Å². The first-order valence-corrected chi connectivity index (χ1v) is 13.8. The molecule has 4 bridgehead atoms. The SMILES string of the molecule is C1=CC(c2nc3ccccc3n2[C@H]2C[C@H]3CCC[C@@H](C2)N3[C@@H]2C[C@@H]3CCCC[C@@H](C3)C2)=NC1. The zero-order valence-corrected chi connectivity index (χ0v) is 19.9. The van der Waals surface area contributed by atoms with E-state index in [1.807, 2.05) is 0 Å². The number of allylic oxidation sites excluding steroid dienone is 1. The Morgan fingerprint density at radius 2 is 1.48 bits per heavy atom. The molecule has 3 aliphatic heterocycles. The number of aromatic nitrogens is 2. The Kier molecular flexibility index (Phi) is 5.19. The zero-order chi connectivity index (χ0) is 21.8. The Labute approximate surface area is 198 Å². The summed E-state index contributed by atoms with van der Waals surface area (Å²) in [5.41, 5.74) is 3.50. The van der Waals surface area contributed by atoms with E-state index in [2.05, 4.69) is 45.9 Å². The highest BCUT2D eigenvalue weighted by molar-refractivity contribution is 6.09. The summed E-state index contributed by atoms with van der Waals surface area (Å²) in [6.07, 6.45) is 21.6. The zero-order valence-electron chi connectivity index (χ0n) is 19.9. The van der Waals surface area contributed by atoms with Gasteiger partial charge < -0.3 is 4.57 Å². The molecule has 0 N–H and O–H groups in total. The van der Waals surface area contributed by atoms with Crippen molar-refractivity contribution in [2.24, 2.45) is 16.8 Å². The molecule has 1 aromatic heterocycles. The van der Waals surface area contributed by atoms with Gasteiger partial charge in [-0.2, -0.15) is 0 Å². The molecule has 1 aromatic carbocycles. The molecule has 4 nitrogen and oxygen atoms in total. The number of piperidine rings is 2. The lowest BCUT2D eigenvalue weighted by Crippen LogP contribution is -2.58. The van der Waals surface area contributed by atoms with Gasteiger partial charge in [0.15, 0.2) is 5.82 Å². The molecule has 4 heterocycles. The van der Waals surface area contributed by atoms with E-state index in [-0.39, 0.29) is 0 Å². The van der Waals surface area contributed by atoms with E-state index in [0.717, 1.165) is 53.6 Å². The molecule has 2 saturated carbocycles. The fourth-order valence-corrected chi connectivity index (χ4v) is 8.41. The van der Waals surface area contributed by atoms with Crippen molar-refractivity contribution in [1.82, 2.24) is 14.5 Å². The second-order valence-corrected chi connectivity index (χ2v) is 11.6. The van der Waals surface area contributed by atoms with Crippen LogP contribution in [0.2, 0.25) is 0 Å². The normalized spacial score (nSPS) is 36.7. The molecule has 0 radical (unpaired) electrons. The van der Waals surface area contributed by atoms with Gasteiger partial charge in [0.2, 0.25) is 0 Å². The van der Waals surface area contributed by atoms with Crippen LogP contribution in [0.3, 0.4) is 0 Å². The quantitative estimate of drug-likeness (QED) is 0.558. The minimum atomic E-state index is 0.543. The predicted molar refractivity (Wildman–Crippen MR) is 135 cm³/mol. The Morgan fingerprint density at radius 3 is 2.21 bits per heavy atom. The Balaban J connectivity index is 1.21. The molecule has 0 unspecified atom stereocenters. The maximum atomic E-state index is 5.09. The Hall–Kier alpha value is -1.94. The molecule has 2 aromatic rings. The van der Waals surface area contributed by atoms with Crippen LogP contribution < -0.4 is 0 Å². The topological polar surface area (TPSA) is 33.4 Å². The van der Waals surface area contributed by atoms with Gasteiger partial charge in [-0.1, -0.05) is 50.3 Å². The van der Waals surface area contributed by atoms with Crippen LogP contribution >= 0.6 is 0 Å². The van der Waals surface area contributed by atoms with Crippen molar-refractivity contribution < 1.29 is 0 Å². The number of nitrogens with zero attached hydrogens (tertiary/aromatic N) is 4. The average Bonchev–Trinajstić information content (AvgIpc) is 3.45. The molecule has 7 rings (SSSR count). The minimum Gasteiger partial charge on any atom is -0.319 e. The number of para-hydroxylation sites is 2. The number of benzene rings is 1. The van der Waals surface area contributed by atoms with Gasteiger partial charge in [0.05, 0.1) is 17.6 Å². The first-order valence-electron chi connectivity index (χ1n) is 13.8. The maximum absolute atomic E-state index is 5.09. The van der Waals surface area contributed by atoms with Crippen LogP contribution in [0, 0.1) is 11.8 Å². The van der Waals surface area contributed by atoms with Crippen molar-refractivity contribution >= 4 is 16.7 Å². The lowest BCUT2D eigenvalue weighted by molar-refractivity contribution is -0.0417. The largest absolute Gasteiger partial charge is 0.319 e. The fraction of sp³-hybridized carbons (Fsp3) is 0.655. The molecule has 4 fully saturated rings. The smallest absolute Gasteiger partial charge is 0.159 e. The Bertz CT molecular complexity index is 1050. The van der Waals surface area contributed by atoms with Crippen molar-refractivity contribution in [3.05, 3.63) is 42.2 Å². The van der Waals surface area contributed by atoms with E-state index < -0.39 is 0 Å². The first-order chi connectivity index (χ1) is 16.3. The summed E-state index contributed by atoms with van der Waals surface area (Å²) in [4.78, 5) is 12.9. The second kappa shape index (κ2) is 8.37. The van der Waals surface area contributed by atoms with Crippen LogP contribution in [0.1, 0.15) is 88.9 Å². The molecule has 4 heteroatoms. The summed E-state index contributed by atoms with van der Waals surface area (Å²) in [6, 6.07) is 11.6. The van der Waals surface area contributed by atoms with Crippen molar-refractivity contribution in [3.8, 4) is 0 Å². The molecular weight excluding hydrogens is 404 g/mol. The van der Waals surface area contributed by atoms with E-state index in [1.165, 1.54) is 82.6 Å². The number of rotatable bonds is 3. The van der Waals surface area contributed by atoms with E-state index in [4.69, 9.17) is 9.98 Å². The first kappa shape index (κ1) is 20.4. The number of imidazole rings is 1. The summed E-state index contributed by atoms with van der Waals surface area (Å²) >= 11 is 0. The van der Waals surface area contributed by atoms with Gasteiger partial charge in [0, 0.05) is 24.2 Å². The number of hydrogen-bond donors (Lipinski definition) is 0. The number of aliphatic imine (C=N–C) groups is 1. The van der Waals surface area contributed by atoms with Gasteiger partial charge in [0.25, 0.3) is 0 Å². The molecule has 2 aliphatic carbocycles. The van der Waals surface area contributed by atoms with Crippen molar-refractivity contribution in [1.29, 1.82) is 0 Å². The third-order valence-corrected chi connectivity index (χ3v) is 9.61. The summed E-state index contributed by atoms with van der Waals surface area (Å²) in [5.74, 6) is 3.11. The minimum absolute atomic E-state index is 0.543. The van der Waals surface area contributed by atoms with Gasteiger partial charge in [-0.25, -0.2) is 4.98 Å². The molecule has 0 amide bonds. The number of fused-ring (bicyclic) bond motifs is 5. The van der Waals surface area contributed by atoms with Gasteiger partial charge in [-0.15, -0.1) is 0 Å². The van der Waals surface area contributed by atoms with Crippen molar-refractivity contribution in [2.75, 3.05) is 6.54 Å². The Morgan fingerprint density at radius 1 is 0.727 bits per heavy atom. The van der Waals surface area contributed by atoms with Crippen LogP contribution in [-0.2, 0) is 0 Å². The van der Waals surface area contributed by atoms with Gasteiger partial charge in [-0.05, 0) is 75.0 Å². The molecule has 6 atom stereocenters. The van der Waals surface area contributed by atoms with E-state index in [9.17, 15) is 0 Å². The predicted octanol–water partition coefficient (Wildman–Crippen LogP) is 6.31. The molecule has 33 heavy (non-hydrogen) atoms. The van der Waals surface area contributed by atoms with E-state index in [0.29, 0.717) is 6.04 Å². The summed E-state index contributed by atoms with van der Waals surface area (Å²) < 4.78 is 2.59. The second-order valence-electron chi connectivity index (χ2n) is 11.6. The van der Waals surface area contributed by atoms with Crippen LogP contribution in [0.4, 0.5) is 0 Å². The number of hydrogen-bond acceptors (Lipinski definition) is 3. The summed E-state index contributed by atoms with van der Waals surface area (Å²) in [7, 11) is 0. The highest BCUT2D eigenvalue weighted by Gasteiger charge is 2.45. The fourth-order valence-electron chi connectivity index (χ4n) is 8.41. The van der Waals surface area contributed by atoms with Crippen LogP contribution in [0.25, 0.3) is 11.0 Å². The third kappa shape index (κ3) is 3.60. The van der Waals surface area contributed by atoms with E-state index >= 15 is 0 Å². The van der Waals surface area contributed by atoms with Crippen molar-refractivity contribution in [2.45, 2.75) is 101 Å². The summed E-state index contributed by atoms with van der Waals surface area (Å²) in [6.45, 7) is 0.798. The molecule has 174 valence electrons. The average molecular weight is 443 g/mol. The van der Waals surface area contributed by atoms with Crippen molar-refractivity contribution in [3.63, 3.8) is 0 Å². The molecular formula is C29H38N4. The molecule has 5 aliphatic rings.